The van der Waals surface area contributed by atoms with Crippen LogP contribution in [0.3, 0.4) is 0 Å². The van der Waals surface area contributed by atoms with Gasteiger partial charge < -0.3 is 5.32 Å². The number of rotatable bonds is 6. The molecule has 0 bridgehead atoms. The standard InChI is InChI=1S/C28H26ClN5O/c29-24-9-5-4-8-20(24)21-12-18-13-30-28(32-26(18)34(27(21)35)19-10-11-19)31-25-22-15-33(16-23(22)25)14-17-6-2-1-3-7-17/h1-9,12-13,19,22-23,25H,10-11,14-16H2,(H,30,31,32). The van der Waals surface area contributed by atoms with Crippen LogP contribution in [0.15, 0.2) is 71.7 Å². The third-order valence-electron chi connectivity index (χ3n) is 7.66. The third kappa shape index (κ3) is 3.81. The molecule has 2 atom stereocenters. The van der Waals surface area contributed by atoms with Crippen LogP contribution in [-0.2, 0) is 6.54 Å². The van der Waals surface area contributed by atoms with Crippen LogP contribution in [0.4, 0.5) is 5.95 Å². The average Bonchev–Trinajstić information content (AvgIpc) is 3.77. The largest absolute Gasteiger partial charge is 0.351 e. The Kier molecular flexibility index (Phi) is 4.93. The quantitative estimate of drug-likeness (QED) is 0.418. The van der Waals surface area contributed by atoms with Crippen LogP contribution >= 0.6 is 11.6 Å². The minimum absolute atomic E-state index is 0.0300. The fourth-order valence-electron chi connectivity index (χ4n) is 5.68. The van der Waals surface area contributed by atoms with Gasteiger partial charge in [-0.15, -0.1) is 0 Å². The molecule has 4 aromatic rings. The second kappa shape index (κ2) is 8.18. The molecule has 2 unspecified atom stereocenters. The molecule has 0 spiro atoms. The summed E-state index contributed by atoms with van der Waals surface area (Å²) in [5.74, 6) is 1.88. The molecular weight excluding hydrogens is 458 g/mol. The number of hydrogen-bond donors (Lipinski definition) is 1. The zero-order valence-electron chi connectivity index (χ0n) is 19.3. The Labute approximate surface area is 208 Å². The summed E-state index contributed by atoms with van der Waals surface area (Å²) in [6.45, 7) is 3.20. The molecule has 3 heterocycles. The van der Waals surface area contributed by atoms with Gasteiger partial charge in [0.2, 0.25) is 5.95 Å². The van der Waals surface area contributed by atoms with E-state index in [0.717, 1.165) is 43.4 Å². The fourth-order valence-corrected chi connectivity index (χ4v) is 5.92. The smallest absolute Gasteiger partial charge is 0.260 e. The summed E-state index contributed by atoms with van der Waals surface area (Å²) in [6, 6.07) is 20.6. The van der Waals surface area contributed by atoms with Crippen molar-refractivity contribution in [3.63, 3.8) is 0 Å². The Morgan fingerprint density at radius 3 is 2.46 bits per heavy atom. The fraction of sp³-hybridized carbons (Fsp3) is 0.321. The summed E-state index contributed by atoms with van der Waals surface area (Å²) in [5, 5.41) is 5.01. The van der Waals surface area contributed by atoms with E-state index >= 15 is 0 Å². The molecule has 1 saturated heterocycles. The van der Waals surface area contributed by atoms with Gasteiger partial charge in [0.25, 0.3) is 5.56 Å². The van der Waals surface area contributed by atoms with Gasteiger partial charge in [0, 0.05) is 59.5 Å². The minimum atomic E-state index is -0.0300. The Balaban J connectivity index is 1.13. The van der Waals surface area contributed by atoms with Gasteiger partial charge >= 0.3 is 0 Å². The van der Waals surface area contributed by atoms with Crippen molar-refractivity contribution in [2.75, 3.05) is 18.4 Å². The van der Waals surface area contributed by atoms with Crippen molar-refractivity contribution in [3.05, 3.63) is 87.8 Å². The lowest BCUT2D eigenvalue weighted by Crippen LogP contribution is -2.28. The highest BCUT2D eigenvalue weighted by Gasteiger charge is 2.55. The third-order valence-corrected chi connectivity index (χ3v) is 7.99. The Morgan fingerprint density at radius 2 is 1.71 bits per heavy atom. The number of nitrogens with one attached hydrogen (secondary N) is 1. The molecule has 6 nitrogen and oxygen atoms in total. The Bertz CT molecular complexity index is 1470. The molecule has 35 heavy (non-hydrogen) atoms. The van der Waals surface area contributed by atoms with Crippen LogP contribution in [0.25, 0.3) is 22.2 Å². The van der Waals surface area contributed by atoms with Gasteiger partial charge in [0.1, 0.15) is 5.65 Å². The Morgan fingerprint density at radius 1 is 0.971 bits per heavy atom. The number of fused-ring (bicyclic) bond motifs is 2. The molecule has 3 fully saturated rings. The van der Waals surface area contributed by atoms with E-state index in [2.05, 4.69) is 45.5 Å². The highest BCUT2D eigenvalue weighted by molar-refractivity contribution is 6.33. The normalized spacial score (nSPS) is 23.4. The lowest BCUT2D eigenvalue weighted by atomic mass is 10.1. The second-order valence-corrected chi connectivity index (χ2v) is 10.5. The first-order chi connectivity index (χ1) is 17.2. The van der Waals surface area contributed by atoms with E-state index in [-0.39, 0.29) is 11.6 Å². The zero-order chi connectivity index (χ0) is 23.5. The molecule has 176 valence electrons. The van der Waals surface area contributed by atoms with Crippen molar-refractivity contribution in [3.8, 4) is 11.1 Å². The van der Waals surface area contributed by atoms with E-state index in [9.17, 15) is 4.79 Å². The molecule has 1 aliphatic heterocycles. The van der Waals surface area contributed by atoms with Crippen molar-refractivity contribution in [2.45, 2.75) is 31.5 Å². The molecule has 2 aromatic carbocycles. The first-order valence-electron chi connectivity index (χ1n) is 12.4. The number of pyridine rings is 1. The van der Waals surface area contributed by atoms with E-state index in [4.69, 9.17) is 16.6 Å². The predicted octanol–water partition coefficient (Wildman–Crippen LogP) is 4.99. The number of halogens is 1. The van der Waals surface area contributed by atoms with Crippen LogP contribution in [0.1, 0.15) is 24.4 Å². The molecule has 2 saturated carbocycles. The molecule has 3 aliphatic rings. The highest BCUT2D eigenvalue weighted by Crippen LogP contribution is 2.47. The maximum Gasteiger partial charge on any atom is 0.260 e. The van der Waals surface area contributed by atoms with Gasteiger partial charge in [-0.3, -0.25) is 14.3 Å². The van der Waals surface area contributed by atoms with E-state index in [0.29, 0.717) is 40.1 Å². The van der Waals surface area contributed by atoms with Crippen LogP contribution in [0.2, 0.25) is 5.02 Å². The van der Waals surface area contributed by atoms with Crippen LogP contribution in [0.5, 0.6) is 0 Å². The zero-order valence-corrected chi connectivity index (χ0v) is 20.0. The van der Waals surface area contributed by atoms with E-state index in [1.165, 1.54) is 5.56 Å². The molecular formula is C28H26ClN5O. The summed E-state index contributed by atoms with van der Waals surface area (Å²) >= 11 is 6.43. The van der Waals surface area contributed by atoms with Gasteiger partial charge in [-0.2, -0.15) is 4.98 Å². The number of anilines is 1. The maximum atomic E-state index is 13.5. The summed E-state index contributed by atoms with van der Waals surface area (Å²) < 4.78 is 1.86. The number of likely N-dealkylation sites (tertiary alicyclic amines) is 1. The van der Waals surface area contributed by atoms with Crippen molar-refractivity contribution in [1.29, 1.82) is 0 Å². The van der Waals surface area contributed by atoms with Crippen LogP contribution < -0.4 is 10.9 Å². The van der Waals surface area contributed by atoms with Crippen molar-refractivity contribution < 1.29 is 0 Å². The predicted molar refractivity (Wildman–Crippen MR) is 139 cm³/mol. The molecule has 0 radical (unpaired) electrons. The summed E-state index contributed by atoms with van der Waals surface area (Å²) in [5.41, 5.74) is 3.41. The van der Waals surface area contributed by atoms with Gasteiger partial charge in [-0.1, -0.05) is 60.1 Å². The number of hydrogen-bond acceptors (Lipinski definition) is 5. The minimum Gasteiger partial charge on any atom is -0.351 e. The van der Waals surface area contributed by atoms with Gasteiger partial charge in [0.15, 0.2) is 0 Å². The number of benzene rings is 2. The van der Waals surface area contributed by atoms with E-state index < -0.39 is 0 Å². The first-order valence-corrected chi connectivity index (χ1v) is 12.7. The molecule has 2 aliphatic carbocycles. The summed E-state index contributed by atoms with van der Waals surface area (Å²) in [7, 11) is 0. The van der Waals surface area contributed by atoms with Gasteiger partial charge in [-0.25, -0.2) is 4.98 Å². The van der Waals surface area contributed by atoms with E-state index in [1.54, 1.807) is 0 Å². The summed E-state index contributed by atoms with van der Waals surface area (Å²) in [6.07, 6.45) is 3.83. The van der Waals surface area contributed by atoms with Crippen molar-refractivity contribution in [2.24, 2.45) is 11.8 Å². The molecule has 0 amide bonds. The van der Waals surface area contributed by atoms with Crippen LogP contribution in [-0.4, -0.2) is 38.6 Å². The van der Waals surface area contributed by atoms with Gasteiger partial charge in [0.05, 0.1) is 0 Å². The molecule has 1 N–H and O–H groups in total. The van der Waals surface area contributed by atoms with Crippen molar-refractivity contribution >= 4 is 28.6 Å². The summed E-state index contributed by atoms with van der Waals surface area (Å²) in [4.78, 5) is 25.5. The van der Waals surface area contributed by atoms with Gasteiger partial charge in [-0.05, 0) is 42.4 Å². The van der Waals surface area contributed by atoms with E-state index in [1.807, 2.05) is 41.1 Å². The highest BCUT2D eigenvalue weighted by atomic mass is 35.5. The Hall–Kier alpha value is -3.22. The molecule has 2 aromatic heterocycles. The maximum absolute atomic E-state index is 13.5. The molecule has 7 rings (SSSR count). The average molecular weight is 484 g/mol. The first kappa shape index (κ1) is 21.1. The number of aromatic nitrogens is 3. The second-order valence-electron chi connectivity index (χ2n) is 10.1. The van der Waals surface area contributed by atoms with Crippen LogP contribution in [0, 0.1) is 11.8 Å². The van der Waals surface area contributed by atoms with Crippen molar-refractivity contribution in [1.82, 2.24) is 19.4 Å². The number of nitrogens with zero attached hydrogens (tertiary/aromatic N) is 4. The molecule has 7 heteroatoms. The lowest BCUT2D eigenvalue weighted by molar-refractivity contribution is 0.292. The monoisotopic (exact) mass is 483 g/mol. The lowest BCUT2D eigenvalue weighted by Gasteiger charge is -2.20. The topological polar surface area (TPSA) is 63.1 Å². The SMILES string of the molecule is O=c1c(-c2ccccc2Cl)cc2cnc(NC3C4CN(Cc5ccccc5)CC43)nc2n1C1CC1. The number of piperidine rings is 1.